The molecule has 0 saturated carbocycles. The van der Waals surface area contributed by atoms with E-state index in [1.807, 2.05) is 20.8 Å². The van der Waals surface area contributed by atoms with Crippen molar-refractivity contribution in [2.45, 2.75) is 53.0 Å². The number of anilines is 1. The molecule has 112 valence electrons. The monoisotopic (exact) mass is 279 g/mol. The molecule has 20 heavy (non-hydrogen) atoms. The standard InChI is InChI=1S/C14H25N5O/c1-6-10(8(2)3)17-14(20)12-11(19-15)7-16-13(18-12)9(4)5/h7-10,19H,6,15H2,1-5H3,(H,17,20). The molecule has 1 unspecified atom stereocenters. The number of nitrogens with two attached hydrogens (primary N) is 1. The Morgan fingerprint density at radius 3 is 2.45 bits per heavy atom. The van der Waals surface area contributed by atoms with E-state index in [0.29, 0.717) is 23.1 Å². The van der Waals surface area contributed by atoms with Crippen LogP contribution in [0.3, 0.4) is 0 Å². The number of nitrogens with zero attached hydrogens (tertiary/aromatic N) is 2. The van der Waals surface area contributed by atoms with E-state index in [9.17, 15) is 4.79 Å². The van der Waals surface area contributed by atoms with Crippen molar-refractivity contribution in [1.29, 1.82) is 0 Å². The van der Waals surface area contributed by atoms with E-state index in [-0.39, 0.29) is 17.9 Å². The van der Waals surface area contributed by atoms with E-state index in [1.54, 1.807) is 6.20 Å². The number of carbonyl (C=O) groups is 1. The summed E-state index contributed by atoms with van der Waals surface area (Å²) in [7, 11) is 0. The Balaban J connectivity index is 3.03. The van der Waals surface area contributed by atoms with Gasteiger partial charge >= 0.3 is 0 Å². The lowest BCUT2D eigenvalue weighted by atomic mass is 10.0. The molecule has 1 amide bonds. The molecule has 0 aliphatic carbocycles. The summed E-state index contributed by atoms with van der Waals surface area (Å²) in [6.07, 6.45) is 2.42. The Bertz CT molecular complexity index is 459. The predicted molar refractivity (Wildman–Crippen MR) is 80.3 cm³/mol. The summed E-state index contributed by atoms with van der Waals surface area (Å²) < 4.78 is 0. The molecule has 0 spiro atoms. The van der Waals surface area contributed by atoms with Crippen LogP contribution in [0.25, 0.3) is 0 Å². The summed E-state index contributed by atoms with van der Waals surface area (Å²) >= 11 is 0. The molecule has 1 heterocycles. The quantitative estimate of drug-likeness (QED) is 0.547. The number of nitrogen functional groups attached to an aromatic ring is 1. The highest BCUT2D eigenvalue weighted by Gasteiger charge is 2.20. The third-order valence-corrected chi connectivity index (χ3v) is 3.26. The summed E-state index contributed by atoms with van der Waals surface area (Å²) in [5, 5.41) is 3.00. The fourth-order valence-electron chi connectivity index (χ4n) is 1.93. The van der Waals surface area contributed by atoms with Crippen LogP contribution < -0.4 is 16.6 Å². The van der Waals surface area contributed by atoms with Crippen LogP contribution >= 0.6 is 0 Å². The summed E-state index contributed by atoms with van der Waals surface area (Å²) in [5.74, 6) is 6.36. The van der Waals surface area contributed by atoms with Crippen molar-refractivity contribution in [3.63, 3.8) is 0 Å². The molecular weight excluding hydrogens is 254 g/mol. The van der Waals surface area contributed by atoms with Gasteiger partial charge in [-0.2, -0.15) is 0 Å². The summed E-state index contributed by atoms with van der Waals surface area (Å²) in [4.78, 5) is 20.9. The normalized spacial score (nSPS) is 12.6. The average Bonchev–Trinajstić information content (AvgIpc) is 2.43. The maximum absolute atomic E-state index is 12.4. The lowest BCUT2D eigenvalue weighted by Gasteiger charge is -2.21. The summed E-state index contributed by atoms with van der Waals surface area (Å²) in [5.41, 5.74) is 3.21. The molecule has 1 rings (SSSR count). The van der Waals surface area contributed by atoms with Gasteiger partial charge in [-0.25, -0.2) is 9.97 Å². The van der Waals surface area contributed by atoms with Gasteiger partial charge in [-0.3, -0.25) is 10.6 Å². The second kappa shape index (κ2) is 7.19. The van der Waals surface area contributed by atoms with Crippen molar-refractivity contribution in [3.05, 3.63) is 17.7 Å². The molecule has 0 aliphatic heterocycles. The van der Waals surface area contributed by atoms with Crippen LogP contribution in [0.15, 0.2) is 6.20 Å². The van der Waals surface area contributed by atoms with Gasteiger partial charge in [0, 0.05) is 12.0 Å². The first kappa shape index (κ1) is 16.4. The molecule has 1 aromatic rings. The van der Waals surface area contributed by atoms with Gasteiger partial charge in [0.15, 0.2) is 5.69 Å². The van der Waals surface area contributed by atoms with Crippen molar-refractivity contribution < 1.29 is 4.79 Å². The van der Waals surface area contributed by atoms with Gasteiger partial charge in [-0.05, 0) is 12.3 Å². The molecule has 1 aromatic heterocycles. The number of nitrogens with one attached hydrogen (secondary N) is 2. The van der Waals surface area contributed by atoms with E-state index < -0.39 is 0 Å². The minimum absolute atomic E-state index is 0.116. The fraction of sp³-hybridized carbons (Fsp3) is 0.643. The highest BCUT2D eigenvalue weighted by atomic mass is 16.2. The molecule has 0 aromatic carbocycles. The average molecular weight is 279 g/mol. The van der Waals surface area contributed by atoms with Crippen molar-refractivity contribution >= 4 is 11.6 Å². The number of rotatable bonds is 6. The Morgan fingerprint density at radius 1 is 1.35 bits per heavy atom. The Kier molecular flexibility index (Phi) is 5.88. The van der Waals surface area contributed by atoms with Gasteiger partial charge in [0.1, 0.15) is 5.82 Å². The summed E-state index contributed by atoms with van der Waals surface area (Å²) in [6, 6.07) is 0.116. The van der Waals surface area contributed by atoms with Gasteiger partial charge in [0.05, 0.1) is 11.9 Å². The molecule has 0 fully saturated rings. The zero-order valence-corrected chi connectivity index (χ0v) is 12.9. The molecule has 0 aliphatic rings. The Hall–Kier alpha value is -1.69. The van der Waals surface area contributed by atoms with Gasteiger partial charge in [0.25, 0.3) is 5.91 Å². The van der Waals surface area contributed by atoms with Crippen molar-refractivity contribution in [3.8, 4) is 0 Å². The van der Waals surface area contributed by atoms with Crippen LogP contribution in [-0.4, -0.2) is 21.9 Å². The van der Waals surface area contributed by atoms with E-state index in [4.69, 9.17) is 5.84 Å². The van der Waals surface area contributed by atoms with Gasteiger partial charge in [-0.1, -0.05) is 34.6 Å². The number of hydrazine groups is 1. The molecule has 0 saturated heterocycles. The number of aromatic nitrogens is 2. The van der Waals surface area contributed by atoms with Gasteiger partial charge in [-0.15, -0.1) is 0 Å². The largest absolute Gasteiger partial charge is 0.348 e. The molecule has 6 heteroatoms. The fourth-order valence-corrected chi connectivity index (χ4v) is 1.93. The number of hydrogen-bond donors (Lipinski definition) is 3. The molecule has 0 bridgehead atoms. The van der Waals surface area contributed by atoms with Crippen molar-refractivity contribution in [1.82, 2.24) is 15.3 Å². The molecule has 6 nitrogen and oxygen atoms in total. The topological polar surface area (TPSA) is 92.9 Å². The zero-order chi connectivity index (χ0) is 15.3. The minimum Gasteiger partial charge on any atom is -0.348 e. The second-order valence-corrected chi connectivity index (χ2v) is 5.52. The number of amides is 1. The molecular formula is C14H25N5O. The highest BCUT2D eigenvalue weighted by molar-refractivity contribution is 5.97. The van der Waals surface area contributed by atoms with Crippen LogP contribution in [0.5, 0.6) is 0 Å². The summed E-state index contributed by atoms with van der Waals surface area (Å²) in [6.45, 7) is 10.2. The lowest BCUT2D eigenvalue weighted by molar-refractivity contribution is 0.0920. The molecule has 1 atom stereocenters. The first-order valence-corrected chi connectivity index (χ1v) is 7.05. The highest BCUT2D eigenvalue weighted by Crippen LogP contribution is 2.16. The Labute approximate surface area is 120 Å². The SMILES string of the molecule is CCC(NC(=O)c1nc(C(C)C)ncc1NN)C(C)C. The van der Waals surface area contributed by atoms with E-state index in [0.717, 1.165) is 6.42 Å². The Morgan fingerprint density at radius 2 is 2.00 bits per heavy atom. The zero-order valence-electron chi connectivity index (χ0n) is 12.9. The second-order valence-electron chi connectivity index (χ2n) is 5.52. The van der Waals surface area contributed by atoms with E-state index in [2.05, 4.69) is 34.6 Å². The third-order valence-electron chi connectivity index (χ3n) is 3.26. The van der Waals surface area contributed by atoms with Crippen molar-refractivity contribution in [2.24, 2.45) is 11.8 Å². The first-order valence-electron chi connectivity index (χ1n) is 7.05. The van der Waals surface area contributed by atoms with Crippen LogP contribution in [0.4, 0.5) is 5.69 Å². The third kappa shape index (κ3) is 3.90. The van der Waals surface area contributed by atoms with Crippen LogP contribution in [0.1, 0.15) is 63.3 Å². The predicted octanol–water partition coefficient (Wildman–Crippen LogP) is 2.05. The maximum atomic E-state index is 12.4. The maximum Gasteiger partial charge on any atom is 0.272 e. The smallest absolute Gasteiger partial charge is 0.272 e. The lowest BCUT2D eigenvalue weighted by Crippen LogP contribution is -2.39. The molecule has 4 N–H and O–H groups in total. The first-order chi connectivity index (χ1) is 9.40. The molecule has 0 radical (unpaired) electrons. The van der Waals surface area contributed by atoms with Crippen molar-refractivity contribution in [2.75, 3.05) is 5.43 Å². The van der Waals surface area contributed by atoms with Crippen LogP contribution in [0, 0.1) is 5.92 Å². The van der Waals surface area contributed by atoms with E-state index >= 15 is 0 Å². The van der Waals surface area contributed by atoms with Gasteiger partial charge < -0.3 is 10.7 Å². The minimum atomic E-state index is -0.220. The van der Waals surface area contributed by atoms with Crippen LogP contribution in [0.2, 0.25) is 0 Å². The van der Waals surface area contributed by atoms with E-state index in [1.165, 1.54) is 0 Å². The number of carbonyl (C=O) groups excluding carboxylic acids is 1. The van der Waals surface area contributed by atoms with Gasteiger partial charge in [0.2, 0.25) is 0 Å². The number of hydrogen-bond acceptors (Lipinski definition) is 5. The van der Waals surface area contributed by atoms with Crippen LogP contribution in [-0.2, 0) is 0 Å².